The van der Waals surface area contributed by atoms with Crippen molar-refractivity contribution in [1.29, 1.82) is 0 Å². The summed E-state index contributed by atoms with van der Waals surface area (Å²) < 4.78 is 7.44. The summed E-state index contributed by atoms with van der Waals surface area (Å²) in [6.45, 7) is 4.46. The Bertz CT molecular complexity index is 626. The molecule has 0 fully saturated rings. The normalized spacial score (nSPS) is 11.1. The Balaban J connectivity index is 1.85. The third kappa shape index (κ3) is 5.63. The minimum atomic E-state index is -0.679. The number of aliphatic hydroxyl groups excluding tert-OH is 1. The van der Waals surface area contributed by atoms with E-state index in [1.165, 1.54) is 0 Å². The fraction of sp³-hybridized carbons (Fsp3) is 0.375. The van der Waals surface area contributed by atoms with Crippen LogP contribution in [0.15, 0.2) is 42.7 Å². The number of carbonyl (C=O) groups is 1. The summed E-state index contributed by atoms with van der Waals surface area (Å²) in [5.74, 6) is 0.663. The number of hydrogen-bond donors (Lipinski definition) is 3. The lowest BCUT2D eigenvalue weighted by Gasteiger charge is -2.23. The van der Waals surface area contributed by atoms with Crippen molar-refractivity contribution in [3.05, 3.63) is 42.7 Å². The first-order valence-corrected chi connectivity index (χ1v) is 7.39. The lowest BCUT2D eigenvalue weighted by Crippen LogP contribution is -2.48. The van der Waals surface area contributed by atoms with Crippen molar-refractivity contribution >= 4 is 11.7 Å². The molecule has 0 aliphatic rings. The van der Waals surface area contributed by atoms with Crippen molar-refractivity contribution in [2.75, 3.05) is 18.5 Å². The molecule has 2 amide bonds. The van der Waals surface area contributed by atoms with Gasteiger partial charge >= 0.3 is 6.03 Å². The molecule has 0 aliphatic heterocycles. The summed E-state index contributed by atoms with van der Waals surface area (Å²) in [6, 6.07) is 8.62. The van der Waals surface area contributed by atoms with E-state index in [1.54, 1.807) is 42.9 Å². The zero-order valence-corrected chi connectivity index (χ0v) is 13.3. The third-order valence-electron chi connectivity index (χ3n) is 3.09. The maximum atomic E-state index is 11.9. The molecule has 0 spiro atoms. The molecule has 0 bridgehead atoms. The summed E-state index contributed by atoms with van der Waals surface area (Å²) in [5, 5.41) is 18.7. The van der Waals surface area contributed by atoms with Gasteiger partial charge in [0.2, 0.25) is 0 Å². The van der Waals surface area contributed by atoms with Crippen LogP contribution in [0.3, 0.4) is 0 Å². The molecule has 2 aromatic rings. The number of aromatic nitrogens is 2. The summed E-state index contributed by atoms with van der Waals surface area (Å²) in [6.07, 6.45) is 3.59. The molecule has 0 saturated carbocycles. The van der Waals surface area contributed by atoms with Gasteiger partial charge in [-0.2, -0.15) is 5.10 Å². The molecule has 0 saturated heterocycles. The number of benzene rings is 1. The monoisotopic (exact) mass is 318 g/mol. The van der Waals surface area contributed by atoms with Crippen LogP contribution in [0.5, 0.6) is 5.75 Å². The number of rotatable bonds is 7. The molecule has 3 N–H and O–H groups in total. The van der Waals surface area contributed by atoms with E-state index < -0.39 is 5.54 Å². The van der Waals surface area contributed by atoms with E-state index in [1.807, 2.05) is 18.3 Å². The molecule has 0 aliphatic carbocycles. The van der Waals surface area contributed by atoms with E-state index in [0.717, 1.165) is 0 Å². The minimum Gasteiger partial charge on any atom is -0.492 e. The van der Waals surface area contributed by atoms with E-state index >= 15 is 0 Å². The molecule has 0 unspecified atom stereocenters. The van der Waals surface area contributed by atoms with Crippen LogP contribution in [0, 0.1) is 0 Å². The zero-order chi connectivity index (χ0) is 16.7. The third-order valence-corrected chi connectivity index (χ3v) is 3.09. The van der Waals surface area contributed by atoms with Crippen molar-refractivity contribution in [3.63, 3.8) is 0 Å². The number of amides is 2. The molecule has 7 nitrogen and oxygen atoms in total. The molecular weight excluding hydrogens is 296 g/mol. The van der Waals surface area contributed by atoms with E-state index in [4.69, 9.17) is 9.84 Å². The Morgan fingerprint density at radius 2 is 2.22 bits per heavy atom. The van der Waals surface area contributed by atoms with Gasteiger partial charge in [0.05, 0.1) is 18.7 Å². The summed E-state index contributed by atoms with van der Waals surface area (Å²) in [4.78, 5) is 11.9. The average Bonchev–Trinajstić information content (AvgIpc) is 3.00. The smallest absolute Gasteiger partial charge is 0.319 e. The Kier molecular flexibility index (Phi) is 5.59. The molecule has 2 rings (SSSR count). The number of aliphatic hydroxyl groups is 1. The molecule has 0 atom stereocenters. The Morgan fingerprint density at radius 3 is 2.91 bits per heavy atom. The van der Waals surface area contributed by atoms with Crippen molar-refractivity contribution in [2.45, 2.75) is 25.9 Å². The van der Waals surface area contributed by atoms with Crippen LogP contribution >= 0.6 is 0 Å². The second kappa shape index (κ2) is 7.64. The number of urea groups is 1. The lowest BCUT2D eigenvalue weighted by molar-refractivity contribution is 0.187. The zero-order valence-electron chi connectivity index (χ0n) is 13.3. The van der Waals surface area contributed by atoms with Crippen LogP contribution in [0.1, 0.15) is 13.8 Å². The van der Waals surface area contributed by atoms with Crippen LogP contribution in [0.25, 0.3) is 0 Å². The van der Waals surface area contributed by atoms with Gasteiger partial charge in [0.25, 0.3) is 0 Å². The van der Waals surface area contributed by atoms with Gasteiger partial charge in [-0.1, -0.05) is 6.07 Å². The summed E-state index contributed by atoms with van der Waals surface area (Å²) in [7, 11) is 0. The molecule has 7 heteroatoms. The quantitative estimate of drug-likeness (QED) is 0.727. The van der Waals surface area contributed by atoms with Crippen LogP contribution in [-0.4, -0.2) is 39.7 Å². The topological polar surface area (TPSA) is 88.4 Å². The van der Waals surface area contributed by atoms with Gasteiger partial charge in [0, 0.05) is 24.1 Å². The first kappa shape index (κ1) is 16.8. The predicted octanol–water partition coefficient (Wildman–Crippen LogP) is 1.85. The van der Waals surface area contributed by atoms with Crippen molar-refractivity contribution in [2.24, 2.45) is 0 Å². The first-order chi connectivity index (χ1) is 11.0. The highest BCUT2D eigenvalue weighted by Gasteiger charge is 2.18. The van der Waals surface area contributed by atoms with Gasteiger partial charge in [0.1, 0.15) is 12.4 Å². The largest absolute Gasteiger partial charge is 0.492 e. The molecule has 0 radical (unpaired) electrons. The van der Waals surface area contributed by atoms with Gasteiger partial charge in [-0.05, 0) is 32.0 Å². The van der Waals surface area contributed by atoms with E-state index in [-0.39, 0.29) is 12.6 Å². The number of nitrogens with one attached hydrogen (secondary N) is 2. The predicted molar refractivity (Wildman–Crippen MR) is 87.5 cm³/mol. The summed E-state index contributed by atoms with van der Waals surface area (Å²) in [5.41, 5.74) is -0.0603. The highest BCUT2D eigenvalue weighted by atomic mass is 16.5. The van der Waals surface area contributed by atoms with Gasteiger partial charge in [-0.25, -0.2) is 4.79 Å². The maximum absolute atomic E-state index is 11.9. The lowest BCUT2D eigenvalue weighted by atomic mass is 10.1. The number of nitrogens with zero attached hydrogens (tertiary/aromatic N) is 2. The van der Waals surface area contributed by atoms with Crippen LogP contribution in [-0.2, 0) is 6.54 Å². The van der Waals surface area contributed by atoms with E-state index in [9.17, 15) is 4.79 Å². The van der Waals surface area contributed by atoms with Crippen molar-refractivity contribution in [3.8, 4) is 5.75 Å². The second-order valence-corrected chi connectivity index (χ2v) is 5.77. The number of anilines is 1. The SMILES string of the molecule is CC(C)(CO)NC(=O)Nc1cccc(OCCn2cccn2)c1. The van der Waals surface area contributed by atoms with Gasteiger partial charge in [0.15, 0.2) is 0 Å². The molecule has 1 aromatic carbocycles. The first-order valence-electron chi connectivity index (χ1n) is 7.39. The number of hydrogen-bond acceptors (Lipinski definition) is 4. The number of carbonyl (C=O) groups excluding carboxylic acids is 1. The van der Waals surface area contributed by atoms with Crippen LogP contribution in [0.4, 0.5) is 10.5 Å². The Labute approximate surface area is 135 Å². The van der Waals surface area contributed by atoms with Gasteiger partial charge < -0.3 is 20.5 Å². The van der Waals surface area contributed by atoms with Crippen LogP contribution in [0.2, 0.25) is 0 Å². The molecule has 124 valence electrons. The highest BCUT2D eigenvalue weighted by Crippen LogP contribution is 2.17. The second-order valence-electron chi connectivity index (χ2n) is 5.77. The van der Waals surface area contributed by atoms with E-state index in [2.05, 4.69) is 15.7 Å². The Hall–Kier alpha value is -2.54. The molecule has 1 aromatic heterocycles. The number of ether oxygens (including phenoxy) is 1. The van der Waals surface area contributed by atoms with Gasteiger partial charge in [-0.15, -0.1) is 0 Å². The fourth-order valence-corrected chi connectivity index (χ4v) is 1.86. The molecule has 1 heterocycles. The summed E-state index contributed by atoms with van der Waals surface area (Å²) >= 11 is 0. The minimum absolute atomic E-state index is 0.142. The maximum Gasteiger partial charge on any atom is 0.319 e. The van der Waals surface area contributed by atoms with Crippen LogP contribution < -0.4 is 15.4 Å². The fourth-order valence-electron chi connectivity index (χ4n) is 1.86. The highest BCUT2D eigenvalue weighted by molar-refractivity contribution is 5.89. The molecule has 23 heavy (non-hydrogen) atoms. The van der Waals surface area contributed by atoms with Crippen molar-refractivity contribution < 1.29 is 14.6 Å². The van der Waals surface area contributed by atoms with Crippen molar-refractivity contribution in [1.82, 2.24) is 15.1 Å². The Morgan fingerprint density at radius 1 is 1.39 bits per heavy atom. The average molecular weight is 318 g/mol. The van der Waals surface area contributed by atoms with Gasteiger partial charge in [-0.3, -0.25) is 4.68 Å². The van der Waals surface area contributed by atoms with E-state index in [0.29, 0.717) is 24.6 Å². The standard InChI is InChI=1S/C16H22N4O3/c1-16(2,12-21)19-15(22)18-13-5-3-6-14(11-13)23-10-9-20-8-4-7-17-20/h3-8,11,21H,9-10,12H2,1-2H3,(H2,18,19,22). The molecular formula is C16H22N4O3.